The number of allylic oxidation sites excluding steroid dienone is 8. The highest BCUT2D eigenvalue weighted by Gasteiger charge is 2.67. The Morgan fingerprint density at radius 1 is 1.03 bits per heavy atom. The van der Waals surface area contributed by atoms with E-state index in [-0.39, 0.29) is 28.4 Å². The van der Waals surface area contributed by atoms with Gasteiger partial charge in [-0.15, -0.1) is 0 Å². The number of aliphatic hydroxyl groups excluding tert-OH is 1. The molecule has 0 aliphatic heterocycles. The van der Waals surface area contributed by atoms with Gasteiger partial charge in [-0.05, 0) is 74.7 Å². The number of carbonyl (C=O) groups is 3. The highest BCUT2D eigenvalue weighted by atomic mass is 16.4. The Balaban J connectivity index is 1.91. The molecule has 3 aliphatic rings. The number of rotatable bonds is 5. The van der Waals surface area contributed by atoms with Crippen LogP contribution in [0, 0.1) is 28.1 Å². The Morgan fingerprint density at radius 3 is 2.34 bits per heavy atom. The number of ketones is 1. The molecule has 5 nitrogen and oxygen atoms in total. The summed E-state index contributed by atoms with van der Waals surface area (Å²) < 4.78 is 0. The first-order chi connectivity index (χ1) is 14.9. The van der Waals surface area contributed by atoms with Crippen LogP contribution in [0.4, 0.5) is 0 Å². The maximum atomic E-state index is 13.1. The molecule has 0 spiro atoms. The lowest BCUT2D eigenvalue weighted by Gasteiger charge is -2.61. The van der Waals surface area contributed by atoms with Gasteiger partial charge in [0.25, 0.3) is 0 Å². The fourth-order valence-electron chi connectivity index (χ4n) is 7.00. The third-order valence-corrected chi connectivity index (χ3v) is 8.83. The van der Waals surface area contributed by atoms with E-state index in [9.17, 15) is 24.6 Å². The lowest BCUT2D eigenvalue weighted by Crippen LogP contribution is -2.61. The molecule has 5 heteroatoms. The van der Waals surface area contributed by atoms with E-state index >= 15 is 0 Å². The van der Waals surface area contributed by atoms with Gasteiger partial charge in [-0.1, -0.05) is 49.8 Å². The number of carbonyl (C=O) groups excluding carboxylic acids is 2. The van der Waals surface area contributed by atoms with Crippen LogP contribution in [0.25, 0.3) is 0 Å². The largest absolute Gasteiger partial charge is 0.481 e. The summed E-state index contributed by atoms with van der Waals surface area (Å²) in [4.78, 5) is 36.1. The lowest BCUT2D eigenvalue weighted by molar-refractivity contribution is -0.194. The van der Waals surface area contributed by atoms with Crippen molar-refractivity contribution < 1.29 is 24.6 Å². The summed E-state index contributed by atoms with van der Waals surface area (Å²) in [5, 5.41) is 20.6. The van der Waals surface area contributed by atoms with Crippen LogP contribution in [-0.2, 0) is 14.4 Å². The van der Waals surface area contributed by atoms with Crippen molar-refractivity contribution >= 4 is 18.0 Å². The third-order valence-electron chi connectivity index (χ3n) is 8.83. The fraction of sp³-hybridized carbons (Fsp3) is 0.593. The van der Waals surface area contributed by atoms with E-state index in [1.165, 1.54) is 0 Å². The Bertz CT molecular complexity index is 938. The van der Waals surface area contributed by atoms with Gasteiger partial charge in [0.15, 0.2) is 5.78 Å². The highest BCUT2D eigenvalue weighted by Crippen LogP contribution is 2.69. The lowest BCUT2D eigenvalue weighted by atomic mass is 9.43. The number of hydrogen-bond donors (Lipinski definition) is 2. The van der Waals surface area contributed by atoms with Gasteiger partial charge in [0.1, 0.15) is 6.29 Å². The monoisotopic (exact) mass is 440 g/mol. The quantitative estimate of drug-likeness (QED) is 0.363. The van der Waals surface area contributed by atoms with E-state index in [1.807, 2.05) is 37.3 Å². The van der Waals surface area contributed by atoms with E-state index in [0.29, 0.717) is 24.8 Å². The molecule has 0 saturated heterocycles. The molecule has 32 heavy (non-hydrogen) atoms. The number of aldehydes is 1. The van der Waals surface area contributed by atoms with E-state index in [0.717, 1.165) is 30.3 Å². The predicted octanol–water partition coefficient (Wildman–Crippen LogP) is 4.82. The Morgan fingerprint density at radius 2 is 1.72 bits per heavy atom. The first-order valence-electron chi connectivity index (χ1n) is 11.5. The fourth-order valence-corrected chi connectivity index (χ4v) is 7.00. The third kappa shape index (κ3) is 3.75. The Kier molecular flexibility index (Phi) is 6.54. The first kappa shape index (κ1) is 24.4. The molecular formula is C27H36O5. The van der Waals surface area contributed by atoms with E-state index < -0.39 is 17.5 Å². The molecule has 0 aromatic carbocycles. The van der Waals surface area contributed by atoms with Gasteiger partial charge in [-0.25, -0.2) is 0 Å². The summed E-state index contributed by atoms with van der Waals surface area (Å²) in [6, 6.07) is 0. The van der Waals surface area contributed by atoms with Crippen LogP contribution in [0.2, 0.25) is 0 Å². The van der Waals surface area contributed by atoms with Gasteiger partial charge < -0.3 is 10.2 Å². The second-order valence-electron chi connectivity index (χ2n) is 10.7. The molecule has 3 saturated carbocycles. The van der Waals surface area contributed by atoms with Gasteiger partial charge >= 0.3 is 5.97 Å². The minimum Gasteiger partial charge on any atom is -0.481 e. The minimum atomic E-state index is -1.18. The van der Waals surface area contributed by atoms with E-state index in [4.69, 9.17) is 0 Å². The molecular weight excluding hydrogens is 404 g/mol. The molecule has 6 atom stereocenters. The van der Waals surface area contributed by atoms with E-state index in [1.54, 1.807) is 13.8 Å². The molecule has 3 fully saturated rings. The number of aliphatic hydroxyl groups is 1. The normalized spacial score (nSPS) is 41.6. The number of carboxylic acids is 1. The smallest absolute Gasteiger partial charge is 0.312 e. The van der Waals surface area contributed by atoms with Crippen LogP contribution < -0.4 is 0 Å². The maximum Gasteiger partial charge on any atom is 0.312 e. The van der Waals surface area contributed by atoms with Crippen molar-refractivity contribution in [3.8, 4) is 0 Å². The summed E-state index contributed by atoms with van der Waals surface area (Å²) in [7, 11) is 0. The van der Waals surface area contributed by atoms with Crippen molar-refractivity contribution in [3.05, 3.63) is 47.1 Å². The molecule has 3 rings (SSSR count). The van der Waals surface area contributed by atoms with Crippen molar-refractivity contribution in [1.29, 1.82) is 0 Å². The topological polar surface area (TPSA) is 91.7 Å². The minimum absolute atomic E-state index is 0.0718. The van der Waals surface area contributed by atoms with Crippen LogP contribution in [0.5, 0.6) is 0 Å². The highest BCUT2D eigenvalue weighted by molar-refractivity contribution is 6.00. The zero-order valence-corrected chi connectivity index (χ0v) is 19.9. The SMILES string of the molecule is C\C(C=O)=C/C(C)=C/C=C/C=C1/C(=O)C[C@H]2[C@@]3(C)CC[C@@H](O)[C@](C)(C(=O)O)[C@@H]3CC[C@]12C. The van der Waals surface area contributed by atoms with Crippen molar-refractivity contribution in [1.82, 2.24) is 0 Å². The van der Waals surface area contributed by atoms with Crippen molar-refractivity contribution in [2.75, 3.05) is 0 Å². The van der Waals surface area contributed by atoms with Crippen LogP contribution in [-0.4, -0.2) is 34.4 Å². The second kappa shape index (κ2) is 8.58. The molecule has 0 radical (unpaired) electrons. The zero-order chi connectivity index (χ0) is 23.9. The summed E-state index contributed by atoms with van der Waals surface area (Å²) in [6.07, 6.45) is 12.4. The van der Waals surface area contributed by atoms with Crippen LogP contribution >= 0.6 is 0 Å². The summed E-state index contributed by atoms with van der Waals surface area (Å²) >= 11 is 0. The molecule has 0 bridgehead atoms. The molecule has 0 aromatic heterocycles. The molecule has 0 unspecified atom stereocenters. The molecule has 0 heterocycles. The summed E-state index contributed by atoms with van der Waals surface area (Å²) in [5.41, 5.74) is 0.658. The first-order valence-corrected chi connectivity index (χ1v) is 11.5. The average Bonchev–Trinajstić information content (AvgIpc) is 2.99. The van der Waals surface area contributed by atoms with E-state index in [2.05, 4.69) is 13.8 Å². The number of Topliss-reactive ketones (excluding diaryl/α,β-unsaturated/α-hetero) is 1. The summed E-state index contributed by atoms with van der Waals surface area (Å²) in [6.45, 7) is 9.67. The van der Waals surface area contributed by atoms with Crippen LogP contribution in [0.3, 0.4) is 0 Å². The van der Waals surface area contributed by atoms with Gasteiger partial charge in [0, 0.05) is 12.0 Å². The van der Waals surface area contributed by atoms with Gasteiger partial charge in [-0.2, -0.15) is 0 Å². The zero-order valence-electron chi connectivity index (χ0n) is 19.9. The van der Waals surface area contributed by atoms with Crippen LogP contribution in [0.15, 0.2) is 47.1 Å². The Labute approximate surface area is 191 Å². The molecule has 0 amide bonds. The second-order valence-corrected chi connectivity index (χ2v) is 10.7. The van der Waals surface area contributed by atoms with Crippen molar-refractivity contribution in [2.24, 2.45) is 28.1 Å². The van der Waals surface area contributed by atoms with Gasteiger partial charge in [-0.3, -0.25) is 14.4 Å². The van der Waals surface area contributed by atoms with Gasteiger partial charge in [0.2, 0.25) is 0 Å². The van der Waals surface area contributed by atoms with Crippen molar-refractivity contribution in [2.45, 2.75) is 72.8 Å². The average molecular weight is 441 g/mol. The number of fused-ring (bicyclic) bond motifs is 3. The molecule has 3 aliphatic carbocycles. The number of hydrogen-bond acceptors (Lipinski definition) is 4. The molecule has 2 N–H and O–H groups in total. The number of carboxylic acid groups (broad SMARTS) is 1. The standard InChI is InChI=1S/C27H36O5/c1-17(14-18(2)16-28)8-6-7-9-19-20(29)15-22-25(19,3)12-10-21-26(22,4)13-11-23(30)27(21,5)24(31)32/h6-9,14,16,21-23,30H,10-13,15H2,1-5H3,(H,31,32)/b7-6+,17-8+,18-14+,19-9-/t21-,22-,23-,25-,26+,27-/m1/s1. The number of aliphatic carboxylic acids is 1. The maximum absolute atomic E-state index is 13.1. The van der Waals surface area contributed by atoms with Gasteiger partial charge in [0.05, 0.1) is 11.5 Å². The summed E-state index contributed by atoms with van der Waals surface area (Å²) in [5.74, 6) is -0.879. The molecule has 0 aromatic rings. The Hall–Kier alpha value is -2.27. The van der Waals surface area contributed by atoms with Crippen molar-refractivity contribution in [3.63, 3.8) is 0 Å². The molecule has 174 valence electrons. The van der Waals surface area contributed by atoms with Crippen LogP contribution in [0.1, 0.15) is 66.7 Å². The predicted molar refractivity (Wildman–Crippen MR) is 124 cm³/mol.